The minimum atomic E-state index is 0. The number of nitrogens with zero attached hydrogens (tertiary/aromatic N) is 1. The van der Waals surface area contributed by atoms with Gasteiger partial charge in [0.05, 0.1) is 13.2 Å². The van der Waals surface area contributed by atoms with Gasteiger partial charge in [-0.3, -0.25) is 4.79 Å². The van der Waals surface area contributed by atoms with E-state index >= 15 is 0 Å². The Bertz CT molecular complexity index is 500. The first kappa shape index (κ1) is 18.8. The number of halogens is 1. The molecular weight excluding hydrogens is 300 g/mol. The second kappa shape index (κ2) is 7.84. The van der Waals surface area contributed by atoms with E-state index in [0.29, 0.717) is 6.42 Å². The molecule has 5 heteroatoms. The van der Waals surface area contributed by atoms with E-state index in [4.69, 9.17) is 4.74 Å². The number of ether oxygens (including phenoxy) is 1. The van der Waals surface area contributed by atoms with Gasteiger partial charge in [-0.25, -0.2) is 0 Å². The van der Waals surface area contributed by atoms with Crippen LogP contribution >= 0.6 is 12.4 Å². The standard InChI is InChI=1S/C17H26N2O2.ClH/c1-17(2,3)11-16(20)19-10-9-18-12-14(19)13-7-5-6-8-15(13)21-4;/h5-8,14,18H,9-12H2,1-4H3;1H. The van der Waals surface area contributed by atoms with Gasteiger partial charge in [0.15, 0.2) is 0 Å². The first-order chi connectivity index (χ1) is 9.92. The molecule has 1 unspecified atom stereocenters. The molecule has 0 bridgehead atoms. The zero-order valence-electron chi connectivity index (χ0n) is 13.9. The van der Waals surface area contributed by atoms with Crippen molar-refractivity contribution in [3.8, 4) is 5.75 Å². The fourth-order valence-electron chi connectivity index (χ4n) is 2.78. The molecular formula is C17H27ClN2O2. The van der Waals surface area contributed by atoms with Gasteiger partial charge in [-0.2, -0.15) is 0 Å². The number of amides is 1. The predicted octanol–water partition coefficient (Wildman–Crippen LogP) is 3.03. The molecule has 0 radical (unpaired) electrons. The summed E-state index contributed by atoms with van der Waals surface area (Å²) in [4.78, 5) is 14.7. The van der Waals surface area contributed by atoms with Gasteiger partial charge in [0.2, 0.25) is 5.91 Å². The molecule has 1 saturated heterocycles. The monoisotopic (exact) mass is 326 g/mol. The highest BCUT2D eigenvalue weighted by Crippen LogP contribution is 2.32. The third-order valence-corrected chi connectivity index (χ3v) is 3.74. The molecule has 124 valence electrons. The number of piperazine rings is 1. The molecule has 0 aliphatic carbocycles. The summed E-state index contributed by atoms with van der Waals surface area (Å²) in [5.41, 5.74) is 1.09. The van der Waals surface area contributed by atoms with Crippen LogP contribution in [-0.2, 0) is 4.79 Å². The van der Waals surface area contributed by atoms with Crippen LogP contribution < -0.4 is 10.1 Å². The van der Waals surface area contributed by atoms with Crippen LogP contribution in [0.15, 0.2) is 24.3 Å². The lowest BCUT2D eigenvalue weighted by molar-refractivity contribution is -0.136. The van der Waals surface area contributed by atoms with Crippen molar-refractivity contribution in [3.63, 3.8) is 0 Å². The molecule has 1 aliphatic heterocycles. The Hall–Kier alpha value is -1.26. The van der Waals surface area contributed by atoms with Gasteiger partial charge in [0.1, 0.15) is 5.75 Å². The van der Waals surface area contributed by atoms with Gasteiger partial charge in [0.25, 0.3) is 0 Å². The summed E-state index contributed by atoms with van der Waals surface area (Å²) in [6, 6.07) is 8.01. The Kier molecular flexibility index (Phi) is 6.69. The number of rotatable bonds is 3. The van der Waals surface area contributed by atoms with Crippen molar-refractivity contribution in [2.45, 2.75) is 33.2 Å². The van der Waals surface area contributed by atoms with Crippen molar-refractivity contribution < 1.29 is 9.53 Å². The van der Waals surface area contributed by atoms with Gasteiger partial charge in [-0.1, -0.05) is 39.0 Å². The van der Waals surface area contributed by atoms with E-state index in [9.17, 15) is 4.79 Å². The quantitative estimate of drug-likeness (QED) is 0.928. The van der Waals surface area contributed by atoms with E-state index in [-0.39, 0.29) is 29.8 Å². The maximum Gasteiger partial charge on any atom is 0.223 e. The summed E-state index contributed by atoms with van der Waals surface area (Å²) >= 11 is 0. The lowest BCUT2D eigenvalue weighted by Gasteiger charge is -2.38. The second-order valence-electron chi connectivity index (χ2n) is 6.79. The summed E-state index contributed by atoms with van der Waals surface area (Å²) in [6.07, 6.45) is 0.568. The maximum absolute atomic E-state index is 12.7. The maximum atomic E-state index is 12.7. The summed E-state index contributed by atoms with van der Waals surface area (Å²) in [7, 11) is 1.68. The number of nitrogens with one attached hydrogen (secondary N) is 1. The van der Waals surface area contributed by atoms with Crippen molar-refractivity contribution in [2.75, 3.05) is 26.7 Å². The van der Waals surface area contributed by atoms with Crippen molar-refractivity contribution in [1.82, 2.24) is 10.2 Å². The zero-order chi connectivity index (χ0) is 15.5. The largest absolute Gasteiger partial charge is 0.496 e. The summed E-state index contributed by atoms with van der Waals surface area (Å²) in [5, 5.41) is 3.38. The molecule has 2 rings (SSSR count). The van der Waals surface area contributed by atoms with Crippen LogP contribution in [0.4, 0.5) is 0 Å². The Morgan fingerprint density at radius 3 is 2.68 bits per heavy atom. The van der Waals surface area contributed by atoms with Gasteiger partial charge < -0.3 is 15.0 Å². The lowest BCUT2D eigenvalue weighted by Crippen LogP contribution is -2.49. The van der Waals surface area contributed by atoms with Crippen LogP contribution in [-0.4, -0.2) is 37.6 Å². The van der Waals surface area contributed by atoms with Crippen LogP contribution in [0.2, 0.25) is 0 Å². The Labute approximate surface area is 139 Å². The van der Waals surface area contributed by atoms with E-state index in [1.165, 1.54) is 0 Å². The van der Waals surface area contributed by atoms with Gasteiger partial charge in [-0.15, -0.1) is 12.4 Å². The SMILES string of the molecule is COc1ccccc1C1CNCCN1C(=O)CC(C)(C)C.Cl. The molecule has 1 aliphatic rings. The minimum absolute atomic E-state index is 0. The van der Waals surface area contributed by atoms with E-state index in [0.717, 1.165) is 30.9 Å². The van der Waals surface area contributed by atoms with Crippen LogP contribution in [0.1, 0.15) is 38.8 Å². The average molecular weight is 327 g/mol. The van der Waals surface area contributed by atoms with Crippen molar-refractivity contribution in [2.24, 2.45) is 5.41 Å². The van der Waals surface area contributed by atoms with E-state index in [1.807, 2.05) is 29.2 Å². The number of hydrogen-bond donors (Lipinski definition) is 1. The fraction of sp³-hybridized carbons (Fsp3) is 0.588. The number of carbonyl (C=O) groups is 1. The van der Waals surface area contributed by atoms with Crippen LogP contribution in [0, 0.1) is 5.41 Å². The number of carbonyl (C=O) groups excluding carboxylic acids is 1. The number of methoxy groups -OCH3 is 1. The molecule has 1 N–H and O–H groups in total. The topological polar surface area (TPSA) is 41.6 Å². The van der Waals surface area contributed by atoms with Crippen molar-refractivity contribution in [3.05, 3.63) is 29.8 Å². The highest BCUT2D eigenvalue weighted by Gasteiger charge is 2.31. The zero-order valence-corrected chi connectivity index (χ0v) is 14.7. The Balaban J connectivity index is 0.00000242. The van der Waals surface area contributed by atoms with Crippen molar-refractivity contribution >= 4 is 18.3 Å². The Morgan fingerprint density at radius 2 is 2.05 bits per heavy atom. The third-order valence-electron chi connectivity index (χ3n) is 3.74. The van der Waals surface area contributed by atoms with Crippen molar-refractivity contribution in [1.29, 1.82) is 0 Å². The van der Waals surface area contributed by atoms with E-state index < -0.39 is 0 Å². The molecule has 1 atom stereocenters. The van der Waals surface area contributed by atoms with Gasteiger partial charge in [0, 0.05) is 31.6 Å². The molecule has 0 aromatic heterocycles. The molecule has 22 heavy (non-hydrogen) atoms. The van der Waals surface area contributed by atoms with Crippen LogP contribution in [0.3, 0.4) is 0 Å². The number of hydrogen-bond acceptors (Lipinski definition) is 3. The minimum Gasteiger partial charge on any atom is -0.496 e. The third kappa shape index (κ3) is 4.62. The summed E-state index contributed by atoms with van der Waals surface area (Å²) in [6.45, 7) is 8.68. The highest BCUT2D eigenvalue weighted by atomic mass is 35.5. The molecule has 4 nitrogen and oxygen atoms in total. The van der Waals surface area contributed by atoms with Crippen LogP contribution in [0.5, 0.6) is 5.75 Å². The molecule has 1 aromatic carbocycles. The molecule has 1 fully saturated rings. The molecule has 1 aromatic rings. The smallest absolute Gasteiger partial charge is 0.223 e. The molecule has 0 spiro atoms. The second-order valence-corrected chi connectivity index (χ2v) is 6.79. The first-order valence-electron chi connectivity index (χ1n) is 7.55. The van der Waals surface area contributed by atoms with Gasteiger partial charge >= 0.3 is 0 Å². The van der Waals surface area contributed by atoms with Crippen LogP contribution in [0.25, 0.3) is 0 Å². The molecule has 1 heterocycles. The van der Waals surface area contributed by atoms with E-state index in [1.54, 1.807) is 7.11 Å². The summed E-state index contributed by atoms with van der Waals surface area (Å²) in [5.74, 6) is 1.07. The molecule has 1 amide bonds. The number of para-hydroxylation sites is 1. The highest BCUT2D eigenvalue weighted by molar-refractivity contribution is 5.85. The Morgan fingerprint density at radius 1 is 1.36 bits per heavy atom. The normalized spacial score (nSPS) is 18.5. The average Bonchev–Trinajstić information content (AvgIpc) is 2.45. The fourth-order valence-corrected chi connectivity index (χ4v) is 2.78. The van der Waals surface area contributed by atoms with Gasteiger partial charge in [-0.05, 0) is 11.5 Å². The van der Waals surface area contributed by atoms with E-state index in [2.05, 4.69) is 26.1 Å². The predicted molar refractivity (Wildman–Crippen MR) is 91.6 cm³/mol. The lowest BCUT2D eigenvalue weighted by atomic mass is 9.90. The summed E-state index contributed by atoms with van der Waals surface area (Å²) < 4.78 is 5.46. The molecule has 0 saturated carbocycles. The first-order valence-corrected chi connectivity index (χ1v) is 7.55. The number of benzene rings is 1.